The third-order valence-electron chi connectivity index (χ3n) is 3.10. The maximum absolute atomic E-state index is 12.7. The molecule has 2 rings (SSSR count). The van der Waals surface area contributed by atoms with E-state index in [1.54, 1.807) is 19.1 Å². The van der Waals surface area contributed by atoms with Gasteiger partial charge in [0.25, 0.3) is 0 Å². The number of rotatable bonds is 3. The predicted molar refractivity (Wildman–Crippen MR) is 78.8 cm³/mol. The Hall–Kier alpha value is -0.760. The van der Waals surface area contributed by atoms with E-state index in [1.807, 2.05) is 0 Å². The number of carboxylic acid groups (broad SMARTS) is 1. The van der Waals surface area contributed by atoms with Gasteiger partial charge in [-0.25, -0.2) is 8.42 Å². The summed E-state index contributed by atoms with van der Waals surface area (Å²) in [6.07, 6.45) is 0. The Morgan fingerprint density at radius 3 is 2.85 bits per heavy atom. The van der Waals surface area contributed by atoms with Gasteiger partial charge in [-0.3, -0.25) is 4.79 Å². The fourth-order valence-electron chi connectivity index (χ4n) is 2.05. The lowest BCUT2D eigenvalue weighted by molar-refractivity contribution is -0.140. The number of hydrogen-bond donors (Lipinski definition) is 1. The van der Waals surface area contributed by atoms with Crippen molar-refractivity contribution < 1.29 is 18.3 Å². The van der Waals surface area contributed by atoms with E-state index in [4.69, 9.17) is 11.6 Å². The highest BCUT2D eigenvalue weighted by molar-refractivity contribution is 7.99. The number of carbonyl (C=O) groups is 1. The van der Waals surface area contributed by atoms with E-state index in [0.29, 0.717) is 16.3 Å². The van der Waals surface area contributed by atoms with Crippen molar-refractivity contribution in [2.24, 2.45) is 0 Å². The topological polar surface area (TPSA) is 74.7 Å². The lowest BCUT2D eigenvalue weighted by atomic mass is 10.2. The number of benzene rings is 1. The van der Waals surface area contributed by atoms with Gasteiger partial charge in [-0.2, -0.15) is 16.1 Å². The molecule has 1 N–H and O–H groups in total. The van der Waals surface area contributed by atoms with Crippen molar-refractivity contribution in [3.63, 3.8) is 0 Å². The summed E-state index contributed by atoms with van der Waals surface area (Å²) in [6.45, 7) is 1.85. The van der Waals surface area contributed by atoms with E-state index in [-0.39, 0.29) is 17.2 Å². The third kappa shape index (κ3) is 2.95. The fraction of sp³-hybridized carbons (Fsp3) is 0.417. The Morgan fingerprint density at radius 1 is 1.50 bits per heavy atom. The molecule has 0 bridgehead atoms. The van der Waals surface area contributed by atoms with E-state index >= 15 is 0 Å². The molecule has 1 aromatic rings. The molecule has 5 nitrogen and oxygen atoms in total. The van der Waals surface area contributed by atoms with Gasteiger partial charge in [-0.15, -0.1) is 0 Å². The first-order valence-electron chi connectivity index (χ1n) is 5.92. The zero-order valence-electron chi connectivity index (χ0n) is 10.7. The first-order valence-corrected chi connectivity index (χ1v) is 8.90. The number of sulfonamides is 1. The zero-order valence-corrected chi connectivity index (χ0v) is 13.1. The smallest absolute Gasteiger partial charge is 0.322 e. The highest BCUT2D eigenvalue weighted by atomic mass is 35.5. The maximum atomic E-state index is 12.7. The number of hydrogen-bond acceptors (Lipinski definition) is 4. The van der Waals surface area contributed by atoms with Gasteiger partial charge in [-0.05, 0) is 24.6 Å². The van der Waals surface area contributed by atoms with Gasteiger partial charge in [0.2, 0.25) is 10.0 Å². The van der Waals surface area contributed by atoms with Crippen molar-refractivity contribution in [2.75, 3.05) is 18.1 Å². The van der Waals surface area contributed by atoms with Crippen LogP contribution >= 0.6 is 23.4 Å². The van der Waals surface area contributed by atoms with E-state index in [0.717, 1.165) is 4.31 Å². The number of aryl methyl sites for hydroxylation is 1. The molecule has 1 unspecified atom stereocenters. The molecule has 20 heavy (non-hydrogen) atoms. The van der Waals surface area contributed by atoms with Crippen molar-refractivity contribution in [2.45, 2.75) is 17.9 Å². The summed E-state index contributed by atoms with van der Waals surface area (Å²) in [7, 11) is -3.85. The van der Waals surface area contributed by atoms with Gasteiger partial charge in [-0.1, -0.05) is 17.7 Å². The standard InChI is InChI=1S/C12H14ClNO4S2/c1-8-2-3-9(13)6-11(8)20(17,18)14-4-5-19-7-10(14)12(15)16/h2-3,6,10H,4-5,7H2,1H3,(H,15,16). The molecule has 1 heterocycles. The van der Waals surface area contributed by atoms with Crippen LogP contribution in [0.5, 0.6) is 0 Å². The molecule has 0 saturated carbocycles. The summed E-state index contributed by atoms with van der Waals surface area (Å²) in [5.41, 5.74) is 0.553. The monoisotopic (exact) mass is 335 g/mol. The van der Waals surface area contributed by atoms with Gasteiger partial charge in [0.1, 0.15) is 6.04 Å². The molecule has 110 valence electrons. The first kappa shape index (κ1) is 15.6. The molecule has 0 aromatic heterocycles. The van der Waals surface area contributed by atoms with Gasteiger partial charge < -0.3 is 5.11 Å². The molecule has 8 heteroatoms. The number of nitrogens with zero attached hydrogens (tertiary/aromatic N) is 1. The van der Waals surface area contributed by atoms with E-state index < -0.39 is 22.0 Å². The lowest BCUT2D eigenvalue weighted by Gasteiger charge is -2.31. The van der Waals surface area contributed by atoms with Gasteiger partial charge in [0.05, 0.1) is 4.90 Å². The molecule has 0 radical (unpaired) electrons. The number of thioether (sulfide) groups is 1. The van der Waals surface area contributed by atoms with Gasteiger partial charge in [0.15, 0.2) is 0 Å². The number of carboxylic acids is 1. The Bertz CT molecular complexity index is 632. The zero-order chi connectivity index (χ0) is 14.9. The molecule has 1 atom stereocenters. The molecule has 1 aromatic carbocycles. The van der Waals surface area contributed by atoms with E-state index in [1.165, 1.54) is 17.8 Å². The lowest BCUT2D eigenvalue weighted by Crippen LogP contribution is -2.50. The van der Waals surface area contributed by atoms with Crippen LogP contribution < -0.4 is 0 Å². The second-order valence-corrected chi connectivity index (χ2v) is 7.90. The van der Waals surface area contributed by atoms with Crippen LogP contribution in [0.2, 0.25) is 5.02 Å². The Morgan fingerprint density at radius 2 is 2.20 bits per heavy atom. The summed E-state index contributed by atoms with van der Waals surface area (Å²) in [4.78, 5) is 11.3. The fourth-order valence-corrected chi connectivity index (χ4v) is 5.37. The molecule has 1 fully saturated rings. The number of halogens is 1. The van der Waals surface area contributed by atoms with Crippen molar-refractivity contribution in [3.8, 4) is 0 Å². The van der Waals surface area contributed by atoms with Crippen LogP contribution in [0.15, 0.2) is 23.1 Å². The Balaban J connectivity index is 2.47. The Labute approximate surface area is 127 Å². The summed E-state index contributed by atoms with van der Waals surface area (Å²) >= 11 is 7.30. The van der Waals surface area contributed by atoms with Crippen LogP contribution in [0.4, 0.5) is 0 Å². The average molecular weight is 336 g/mol. The highest BCUT2D eigenvalue weighted by Gasteiger charge is 2.38. The summed E-state index contributed by atoms with van der Waals surface area (Å²) in [6, 6.07) is 3.56. The van der Waals surface area contributed by atoms with Gasteiger partial charge >= 0.3 is 5.97 Å². The van der Waals surface area contributed by atoms with Crippen LogP contribution in [-0.4, -0.2) is 47.9 Å². The summed E-state index contributed by atoms with van der Waals surface area (Å²) < 4.78 is 26.4. The molecule has 1 aliphatic rings. The molecule has 0 amide bonds. The molecular weight excluding hydrogens is 322 g/mol. The molecule has 0 spiro atoms. The van der Waals surface area contributed by atoms with E-state index in [9.17, 15) is 18.3 Å². The SMILES string of the molecule is Cc1ccc(Cl)cc1S(=O)(=O)N1CCSCC1C(=O)O. The molecular formula is C12H14ClNO4S2. The quantitative estimate of drug-likeness (QED) is 0.912. The Kier molecular flexibility index (Phi) is 4.63. The third-order valence-corrected chi connectivity index (χ3v) is 6.41. The largest absolute Gasteiger partial charge is 0.480 e. The van der Waals surface area contributed by atoms with Crippen LogP contribution in [0.25, 0.3) is 0 Å². The van der Waals surface area contributed by atoms with Crippen LogP contribution in [-0.2, 0) is 14.8 Å². The average Bonchev–Trinajstić information content (AvgIpc) is 2.41. The number of aliphatic carboxylic acids is 1. The second-order valence-electron chi connectivity index (χ2n) is 4.45. The minimum atomic E-state index is -3.85. The minimum absolute atomic E-state index is 0.0724. The van der Waals surface area contributed by atoms with Gasteiger partial charge in [0, 0.05) is 23.1 Å². The normalized spacial score (nSPS) is 20.8. The summed E-state index contributed by atoms with van der Waals surface area (Å²) in [5.74, 6) is -0.281. The minimum Gasteiger partial charge on any atom is -0.480 e. The second kappa shape index (κ2) is 5.93. The summed E-state index contributed by atoms with van der Waals surface area (Å²) in [5, 5.41) is 9.51. The molecule has 1 aliphatic heterocycles. The van der Waals surface area contributed by atoms with Crippen molar-refractivity contribution in [1.29, 1.82) is 0 Å². The maximum Gasteiger partial charge on any atom is 0.322 e. The van der Waals surface area contributed by atoms with Crippen LogP contribution in [0.1, 0.15) is 5.56 Å². The van der Waals surface area contributed by atoms with Crippen molar-refractivity contribution in [1.82, 2.24) is 4.31 Å². The van der Waals surface area contributed by atoms with E-state index in [2.05, 4.69) is 0 Å². The predicted octanol–water partition coefficient (Wildman–Crippen LogP) is 1.84. The van der Waals surface area contributed by atoms with Crippen LogP contribution in [0.3, 0.4) is 0 Å². The molecule has 1 saturated heterocycles. The van der Waals surface area contributed by atoms with Crippen molar-refractivity contribution >= 4 is 39.4 Å². The highest BCUT2D eigenvalue weighted by Crippen LogP contribution is 2.28. The van der Waals surface area contributed by atoms with Crippen LogP contribution in [0, 0.1) is 6.92 Å². The van der Waals surface area contributed by atoms with Crippen molar-refractivity contribution in [3.05, 3.63) is 28.8 Å². The first-order chi connectivity index (χ1) is 9.34. The molecule has 0 aliphatic carbocycles.